The molecule has 6 rings (SSSR count). The molecule has 18 amide bonds. The molecule has 1 fully saturated rings. The van der Waals surface area contributed by atoms with Crippen molar-refractivity contribution in [2.45, 2.75) is 203 Å². The van der Waals surface area contributed by atoms with Crippen LogP contribution in [0.25, 0.3) is 10.9 Å². The summed E-state index contributed by atoms with van der Waals surface area (Å²) in [7, 11) is 0. The van der Waals surface area contributed by atoms with Crippen LogP contribution in [0.2, 0.25) is 0 Å². The largest absolute Gasteiger partial charge is 0.508 e. The van der Waals surface area contributed by atoms with Crippen molar-refractivity contribution >= 4 is 141 Å². The number of rotatable bonds is 52. The van der Waals surface area contributed by atoms with Gasteiger partial charge in [0, 0.05) is 74.7 Å². The van der Waals surface area contributed by atoms with Gasteiger partial charge in [-0.2, -0.15) is 11.8 Å². The van der Waals surface area contributed by atoms with Gasteiger partial charge in [0.2, 0.25) is 101 Å². The second-order valence-electron chi connectivity index (χ2n) is 32.1. The summed E-state index contributed by atoms with van der Waals surface area (Å²) in [6.45, 7) is 4.45. The lowest BCUT2D eigenvalue weighted by Gasteiger charge is -2.26. The highest BCUT2D eigenvalue weighted by Crippen LogP contribution is 2.19. The lowest BCUT2D eigenvalue weighted by Crippen LogP contribution is -2.59. The van der Waals surface area contributed by atoms with E-state index in [-0.39, 0.29) is 127 Å². The number of carboxylic acids is 1. The summed E-state index contributed by atoms with van der Waals surface area (Å²) in [6, 6.07) is 2.40. The predicted molar refractivity (Wildman–Crippen MR) is 477 cm³/mol. The van der Waals surface area contributed by atoms with E-state index in [9.17, 15) is 106 Å². The van der Waals surface area contributed by atoms with Gasteiger partial charge in [-0.15, -0.1) is 0 Å². The van der Waals surface area contributed by atoms with Gasteiger partial charge in [0.25, 0.3) is 11.8 Å². The molecule has 1 saturated heterocycles. The number of phenols is 1. The number of fused-ring (bicyclic) bond motifs is 1. The van der Waals surface area contributed by atoms with Crippen LogP contribution in [0, 0.1) is 23.1 Å². The molecule has 3 aromatic carbocycles. The Morgan fingerprint density at radius 1 is 0.561 bits per heavy atom. The molecule has 2 aromatic heterocycles. The third-order valence-electron chi connectivity index (χ3n) is 20.5. The standard InChI is InChI=1S/C85H119FN24O21S/c1-45(2)34-59(78(124)103-55(72(88)118)29-33-132-5)106-79(125)62(38-52-40-91-44-98-52)102-68(116)42-96-82(128)70(46(3)4)109-69(117)43-95-75(121)61(37-51-36-49-14-8-9-15-54(49)99-51)108-80(126)63(39-64(87)112)101-66(114)18-7-6-11-30-92-65(113)28-27-58(104-73(119)48-21-23-50(86)24-22-48)74(120)93-31-12-10-16-57-77(123)107-60(35-47-19-25-53(111)26-20-47)81(127)110-71(84(130)131)83(129)97-41-67(115)100-56(76(122)105-57)17-13-32-94-85(89)90/h8-9,14-15,19-26,36,40,44-46,55-63,70-71,99,111H,6-7,10-13,16-18,27-35,37-39,41-43H2,1-5H3,(H2,87,112)(H2,88,118)(H,91,98)(H,92,113)(H,93,120)(H,95,121)(H,96,128)(H,97,129)(H,100,115)(H,101,114)(H,102,116)(H,103,124)(H,104,119)(H,105,122)(H,106,125)(H,107,123)(H,108,126)(H,109,117)(H,110,127)(H,130,131)(H4,89,90,94)/i86-1. The van der Waals surface area contributed by atoms with E-state index in [2.05, 4.69) is 105 Å². The number of unbranched alkanes of at least 4 members (excludes halogenated alkanes) is 3. The van der Waals surface area contributed by atoms with Crippen LogP contribution in [-0.2, 0) is 106 Å². The Morgan fingerprint density at radius 2 is 1.15 bits per heavy atom. The summed E-state index contributed by atoms with van der Waals surface area (Å²) in [5, 5.41) is 70.7. The van der Waals surface area contributed by atoms with Crippen molar-refractivity contribution in [1.82, 2.24) is 105 Å². The van der Waals surface area contributed by atoms with Gasteiger partial charge in [0.05, 0.1) is 38.1 Å². The number of H-pyrrole nitrogens is 2. The number of nitrogens with zero attached hydrogens (tertiary/aromatic N) is 1. The van der Waals surface area contributed by atoms with E-state index in [1.807, 2.05) is 20.1 Å². The Balaban J connectivity index is 1.03. The number of primary amides is 2. The topological polar surface area (TPSA) is 716 Å². The van der Waals surface area contributed by atoms with Crippen LogP contribution >= 0.6 is 11.8 Å². The zero-order valence-electron chi connectivity index (χ0n) is 73.8. The molecule has 0 bridgehead atoms. The number of aromatic nitrogens is 3. The predicted octanol–water partition coefficient (Wildman–Crippen LogP) is -4.32. The Hall–Kier alpha value is -14.3. The van der Waals surface area contributed by atoms with Crippen molar-refractivity contribution in [3.8, 4) is 5.75 Å². The lowest BCUT2D eigenvalue weighted by molar-refractivity contribution is -0.147. The number of carboxylic acid groups (broad SMARTS) is 1. The molecule has 28 N–H and O–H groups in total. The molecule has 3 heterocycles. The average molecular weight is 1860 g/mol. The van der Waals surface area contributed by atoms with Crippen LogP contribution in [0.1, 0.15) is 145 Å². The van der Waals surface area contributed by atoms with E-state index in [4.69, 9.17) is 22.6 Å². The fraction of sp³-hybridized carbons (Fsp3) is 0.494. The number of aromatic hydroxyl groups is 1. The van der Waals surface area contributed by atoms with E-state index < -0.39 is 223 Å². The van der Waals surface area contributed by atoms with Crippen LogP contribution in [-0.4, -0.2) is 261 Å². The number of imidazole rings is 1. The van der Waals surface area contributed by atoms with Crippen molar-refractivity contribution in [2.75, 3.05) is 51.3 Å². The lowest BCUT2D eigenvalue weighted by atomic mass is 10.0. The molecule has 1 aliphatic heterocycles. The average Bonchev–Trinajstić information content (AvgIpc) is 1.68. The number of nitrogens with two attached hydrogens (primary N) is 3. The van der Waals surface area contributed by atoms with Gasteiger partial charge in [-0.3, -0.25) is 91.7 Å². The van der Waals surface area contributed by atoms with Gasteiger partial charge >= 0.3 is 5.97 Å². The number of amides is 18. The van der Waals surface area contributed by atoms with Crippen molar-refractivity contribution in [2.24, 2.45) is 29.0 Å². The Bertz CT molecular complexity index is 4810. The van der Waals surface area contributed by atoms with Gasteiger partial charge in [0.1, 0.15) is 72.0 Å². The van der Waals surface area contributed by atoms with E-state index >= 15 is 0 Å². The van der Waals surface area contributed by atoms with E-state index in [1.165, 1.54) is 60.7 Å². The van der Waals surface area contributed by atoms with Gasteiger partial charge in [-0.05, 0) is 148 Å². The fourth-order valence-corrected chi connectivity index (χ4v) is 14.0. The van der Waals surface area contributed by atoms with Crippen molar-refractivity contribution in [1.29, 1.82) is 5.41 Å². The number of halogens is 1. The Labute approximate surface area is 763 Å². The minimum absolute atomic E-state index is 0.0344. The first-order valence-electron chi connectivity index (χ1n) is 42.9. The maximum atomic E-state index is 14.4. The van der Waals surface area contributed by atoms with Gasteiger partial charge in [0.15, 0.2) is 5.96 Å². The zero-order valence-corrected chi connectivity index (χ0v) is 74.6. The summed E-state index contributed by atoms with van der Waals surface area (Å²) in [6.07, 6.45) is 3.41. The number of nitrogens with one attached hydrogen (secondary N) is 20. The molecule has 5 aromatic rings. The molecule has 11 atom stereocenters. The quantitative estimate of drug-likeness (QED) is 0.00758. The number of carbonyl (C=O) groups excluding carboxylic acids is 18. The number of hydrogen-bond donors (Lipinski definition) is 25. The number of phenolic OH excluding ortho intramolecular Hbond substituents is 1. The molecule has 0 spiro atoms. The molecule has 11 unspecified atom stereocenters. The highest BCUT2D eigenvalue weighted by Gasteiger charge is 2.38. The monoisotopic (exact) mass is 1860 g/mol. The minimum atomic E-state index is -2.27. The molecule has 132 heavy (non-hydrogen) atoms. The molecule has 0 aliphatic carbocycles. The maximum absolute atomic E-state index is 14.4. The summed E-state index contributed by atoms with van der Waals surface area (Å²) >= 11 is 1.44. The smallest absolute Gasteiger partial charge is 0.336 e. The number of para-hydroxylation sites is 1. The Kier molecular flexibility index (Phi) is 44.3. The number of aromatic amines is 2. The van der Waals surface area contributed by atoms with E-state index in [0.29, 0.717) is 41.1 Å². The number of carbonyl (C=O) groups is 19. The highest BCUT2D eigenvalue weighted by atomic mass is 32.2. The minimum Gasteiger partial charge on any atom is -0.508 e. The van der Waals surface area contributed by atoms with Crippen LogP contribution in [0.3, 0.4) is 0 Å². The number of thioether (sulfide) groups is 1. The first-order chi connectivity index (χ1) is 62.7. The number of benzene rings is 3. The zero-order chi connectivity index (χ0) is 97.1. The summed E-state index contributed by atoms with van der Waals surface area (Å²) in [5.41, 5.74) is 18.3. The number of hydrogen-bond acceptors (Lipinski definition) is 23. The highest BCUT2D eigenvalue weighted by molar-refractivity contribution is 7.98. The van der Waals surface area contributed by atoms with Crippen molar-refractivity contribution < 1.29 is 106 Å². The second kappa shape index (κ2) is 54.9. The normalized spacial score (nSPS) is 16.3. The molecule has 45 nitrogen and oxygen atoms in total. The van der Waals surface area contributed by atoms with Crippen LogP contribution in [0.15, 0.2) is 91.4 Å². The van der Waals surface area contributed by atoms with E-state index in [1.54, 1.807) is 44.2 Å². The van der Waals surface area contributed by atoms with Crippen molar-refractivity contribution in [3.05, 3.63) is 120 Å². The SMILES string of the molecule is CSCCC(NC(=O)C(CC(C)C)NC(=O)C(Cc1c[nH]cn1)NC(=O)CNC(=O)C(NC(=O)CNC(=O)C(Cc1cc2ccccc2[nH]1)NC(=O)C(CC(N)=O)NC(=O)CCCCCNC(=O)CCC(NC(=O)c1ccc([18F])cc1)C(=O)NCCCCC1NC(=O)C(CCCNC(=N)N)NC(=O)CNC(=O)C(C(=O)O)NC(=O)C(Cc2ccc(O)cc2)NC1=O)C(C)C)C(N)=O. The first-order valence-corrected chi connectivity index (χ1v) is 44.3. The molecule has 47 heteroatoms. The maximum Gasteiger partial charge on any atom is 0.336 e. The van der Waals surface area contributed by atoms with Crippen molar-refractivity contribution in [3.63, 3.8) is 0 Å². The molecule has 0 radical (unpaired) electrons. The third-order valence-corrected chi connectivity index (χ3v) is 21.2. The summed E-state index contributed by atoms with van der Waals surface area (Å²) in [5.74, 6) is -19.2. The summed E-state index contributed by atoms with van der Waals surface area (Å²) in [4.78, 5) is 267. The van der Waals surface area contributed by atoms with Gasteiger partial charge in [-0.1, -0.05) is 64.4 Å². The third kappa shape index (κ3) is 38.2. The Morgan fingerprint density at radius 3 is 1.80 bits per heavy atom. The molecular formula is C85H119FN24O21S. The van der Waals surface area contributed by atoms with Gasteiger partial charge in [-0.25, -0.2) is 14.2 Å². The molecule has 0 saturated carbocycles. The number of guanidine groups is 1. The second-order valence-corrected chi connectivity index (χ2v) is 33.1. The first kappa shape index (κ1) is 106. The van der Waals surface area contributed by atoms with Crippen LogP contribution in [0.4, 0.5) is 4.39 Å². The van der Waals surface area contributed by atoms with Crippen LogP contribution < -0.4 is 108 Å². The van der Waals surface area contributed by atoms with Gasteiger partial charge < -0.3 is 128 Å². The number of aliphatic carboxylic acids is 1. The molecular weight excluding hydrogens is 1740 g/mol. The molecule has 718 valence electrons. The fourth-order valence-electron chi connectivity index (χ4n) is 13.6. The molecule has 1 aliphatic rings. The van der Waals surface area contributed by atoms with E-state index in [0.717, 1.165) is 17.5 Å². The summed E-state index contributed by atoms with van der Waals surface area (Å²) < 4.78 is 13.9. The van der Waals surface area contributed by atoms with Crippen LogP contribution in [0.5, 0.6) is 5.75 Å².